The van der Waals surface area contributed by atoms with Gasteiger partial charge in [0.05, 0.1) is 0 Å². The van der Waals surface area contributed by atoms with Gasteiger partial charge in [-0.2, -0.15) is 0 Å². The van der Waals surface area contributed by atoms with Crippen molar-refractivity contribution in [1.82, 2.24) is 0 Å². The SMILES string of the molecule is CC(CBr)(C[Si](C)(C)C)C1CC1. The van der Waals surface area contributed by atoms with Gasteiger partial charge in [-0.15, -0.1) is 0 Å². The van der Waals surface area contributed by atoms with Crippen LogP contribution in [-0.2, 0) is 0 Å². The van der Waals surface area contributed by atoms with Crippen LogP contribution in [0.15, 0.2) is 0 Å². The van der Waals surface area contributed by atoms with E-state index in [1.807, 2.05) is 0 Å². The van der Waals surface area contributed by atoms with E-state index < -0.39 is 8.07 Å². The highest BCUT2D eigenvalue weighted by molar-refractivity contribution is 9.09. The predicted molar refractivity (Wildman–Crippen MR) is 62.8 cm³/mol. The van der Waals surface area contributed by atoms with Crippen molar-refractivity contribution in [2.24, 2.45) is 11.3 Å². The molecular weight excluding hydrogens is 228 g/mol. The van der Waals surface area contributed by atoms with Crippen molar-refractivity contribution in [2.45, 2.75) is 45.5 Å². The normalized spacial score (nSPS) is 23.8. The van der Waals surface area contributed by atoms with Gasteiger partial charge in [0.2, 0.25) is 0 Å². The average Bonchev–Trinajstić information content (AvgIpc) is 2.64. The zero-order valence-electron chi connectivity index (χ0n) is 8.78. The summed E-state index contributed by atoms with van der Waals surface area (Å²) in [5.74, 6) is 1.03. The highest BCUT2D eigenvalue weighted by atomic mass is 79.9. The second-order valence-corrected chi connectivity index (χ2v) is 11.8. The minimum atomic E-state index is -0.866. The van der Waals surface area contributed by atoms with Gasteiger partial charge in [-0.25, -0.2) is 0 Å². The van der Waals surface area contributed by atoms with Gasteiger partial charge in [0.25, 0.3) is 0 Å². The second-order valence-electron chi connectivity index (χ2n) is 5.80. The molecule has 0 aromatic heterocycles. The summed E-state index contributed by atoms with van der Waals surface area (Å²) in [5.41, 5.74) is 0.616. The Bertz CT molecular complexity index is 158. The summed E-state index contributed by atoms with van der Waals surface area (Å²) < 4.78 is 0. The first-order valence-corrected chi connectivity index (χ1v) is 9.76. The van der Waals surface area contributed by atoms with Gasteiger partial charge in [0, 0.05) is 13.4 Å². The third-order valence-electron chi connectivity index (χ3n) is 2.80. The summed E-state index contributed by atoms with van der Waals surface area (Å²) in [6.45, 7) is 9.92. The Kier molecular flexibility index (Phi) is 3.10. The fraction of sp³-hybridized carbons (Fsp3) is 1.00. The molecule has 1 saturated carbocycles. The molecule has 0 aliphatic heterocycles. The van der Waals surface area contributed by atoms with Gasteiger partial charge in [-0.1, -0.05) is 48.5 Å². The molecule has 72 valence electrons. The Hall–Kier alpha value is 0.697. The zero-order valence-corrected chi connectivity index (χ0v) is 11.4. The van der Waals surface area contributed by atoms with Gasteiger partial charge < -0.3 is 0 Å². The molecule has 0 aromatic carbocycles. The van der Waals surface area contributed by atoms with Crippen LogP contribution in [0.4, 0.5) is 0 Å². The maximum Gasteiger partial charge on any atom is 0.0448 e. The maximum absolute atomic E-state index is 3.69. The van der Waals surface area contributed by atoms with Crippen LogP contribution in [-0.4, -0.2) is 13.4 Å². The fourth-order valence-corrected chi connectivity index (χ4v) is 6.15. The molecule has 0 N–H and O–H groups in total. The Morgan fingerprint density at radius 1 is 1.33 bits per heavy atom. The van der Waals surface area contributed by atoms with Gasteiger partial charge in [-0.3, -0.25) is 0 Å². The summed E-state index contributed by atoms with van der Waals surface area (Å²) in [7, 11) is -0.866. The average molecular weight is 249 g/mol. The van der Waals surface area contributed by atoms with E-state index in [-0.39, 0.29) is 0 Å². The van der Waals surface area contributed by atoms with E-state index in [0.717, 1.165) is 5.92 Å². The minimum absolute atomic E-state index is 0.616. The van der Waals surface area contributed by atoms with Crippen LogP contribution in [0, 0.1) is 11.3 Å². The molecule has 1 unspecified atom stereocenters. The first kappa shape index (κ1) is 10.8. The van der Waals surface area contributed by atoms with Gasteiger partial charge >= 0.3 is 0 Å². The summed E-state index contributed by atoms with van der Waals surface area (Å²) in [6, 6.07) is 1.48. The molecule has 1 fully saturated rings. The molecule has 0 amide bonds. The van der Waals surface area contributed by atoms with Crippen molar-refractivity contribution < 1.29 is 0 Å². The van der Waals surface area contributed by atoms with E-state index in [9.17, 15) is 0 Å². The lowest BCUT2D eigenvalue weighted by Crippen LogP contribution is -2.33. The molecule has 1 aliphatic carbocycles. The number of halogens is 1. The topological polar surface area (TPSA) is 0 Å². The molecule has 0 spiro atoms. The minimum Gasteiger partial charge on any atom is -0.0922 e. The van der Waals surface area contributed by atoms with Crippen molar-refractivity contribution in [3.63, 3.8) is 0 Å². The van der Waals surface area contributed by atoms with Crippen LogP contribution in [0.3, 0.4) is 0 Å². The highest BCUT2D eigenvalue weighted by Gasteiger charge is 2.42. The van der Waals surface area contributed by atoms with E-state index >= 15 is 0 Å². The summed E-state index contributed by atoms with van der Waals surface area (Å²) >= 11 is 3.69. The van der Waals surface area contributed by atoms with Gasteiger partial charge in [0.15, 0.2) is 0 Å². The van der Waals surface area contributed by atoms with Crippen LogP contribution >= 0.6 is 15.9 Å². The van der Waals surface area contributed by atoms with Crippen molar-refractivity contribution in [2.75, 3.05) is 5.33 Å². The molecule has 0 radical (unpaired) electrons. The first-order chi connectivity index (χ1) is 5.37. The maximum atomic E-state index is 3.69. The largest absolute Gasteiger partial charge is 0.0922 e. The molecule has 2 heteroatoms. The fourth-order valence-electron chi connectivity index (χ4n) is 2.29. The Balaban J connectivity index is 2.54. The third kappa shape index (κ3) is 2.88. The molecule has 12 heavy (non-hydrogen) atoms. The van der Waals surface area contributed by atoms with Crippen molar-refractivity contribution in [3.8, 4) is 0 Å². The summed E-state index contributed by atoms with van der Waals surface area (Å²) in [6.07, 6.45) is 2.96. The summed E-state index contributed by atoms with van der Waals surface area (Å²) in [5, 5.41) is 1.20. The number of hydrogen-bond acceptors (Lipinski definition) is 0. The third-order valence-corrected chi connectivity index (χ3v) is 5.95. The molecule has 0 saturated heterocycles. The zero-order chi connectivity index (χ0) is 9.41. The predicted octanol–water partition coefficient (Wildman–Crippen LogP) is 4.14. The number of hydrogen-bond donors (Lipinski definition) is 0. The lowest BCUT2D eigenvalue weighted by molar-refractivity contribution is 0.358. The summed E-state index contributed by atoms with van der Waals surface area (Å²) in [4.78, 5) is 0. The second kappa shape index (κ2) is 3.45. The van der Waals surface area contributed by atoms with Crippen LogP contribution in [0.2, 0.25) is 25.7 Å². The standard InChI is InChI=1S/C10H21BrSi/c1-10(7-11,9-5-6-9)8-12(2,3)4/h9H,5-8H2,1-4H3. The monoisotopic (exact) mass is 248 g/mol. The van der Waals surface area contributed by atoms with Crippen LogP contribution in [0.1, 0.15) is 19.8 Å². The molecule has 0 heterocycles. The van der Waals surface area contributed by atoms with Crippen molar-refractivity contribution in [3.05, 3.63) is 0 Å². The Morgan fingerprint density at radius 3 is 2.08 bits per heavy atom. The lowest BCUT2D eigenvalue weighted by Gasteiger charge is -2.33. The van der Waals surface area contributed by atoms with Crippen LogP contribution in [0.5, 0.6) is 0 Å². The molecule has 0 bridgehead atoms. The molecule has 0 aromatic rings. The van der Waals surface area contributed by atoms with E-state index in [1.165, 1.54) is 24.2 Å². The van der Waals surface area contributed by atoms with E-state index in [4.69, 9.17) is 0 Å². The highest BCUT2D eigenvalue weighted by Crippen LogP contribution is 2.50. The molecule has 1 atom stereocenters. The van der Waals surface area contributed by atoms with Crippen molar-refractivity contribution in [1.29, 1.82) is 0 Å². The van der Waals surface area contributed by atoms with Crippen LogP contribution < -0.4 is 0 Å². The number of rotatable bonds is 4. The van der Waals surface area contributed by atoms with Crippen molar-refractivity contribution >= 4 is 24.0 Å². The van der Waals surface area contributed by atoms with E-state index in [1.54, 1.807) is 0 Å². The van der Waals surface area contributed by atoms with Gasteiger partial charge in [0.1, 0.15) is 0 Å². The first-order valence-electron chi connectivity index (χ1n) is 4.93. The van der Waals surface area contributed by atoms with E-state index in [0.29, 0.717) is 5.41 Å². The lowest BCUT2D eigenvalue weighted by atomic mass is 9.90. The Labute approximate surface area is 86.3 Å². The molecule has 1 rings (SSSR count). The van der Waals surface area contributed by atoms with Crippen LogP contribution in [0.25, 0.3) is 0 Å². The smallest absolute Gasteiger partial charge is 0.0448 e. The van der Waals surface area contributed by atoms with Gasteiger partial charge in [-0.05, 0) is 24.2 Å². The quantitative estimate of drug-likeness (QED) is 0.519. The molecule has 1 aliphatic rings. The Morgan fingerprint density at radius 2 is 1.83 bits per heavy atom. The molecule has 0 nitrogen and oxygen atoms in total. The molecular formula is C10H21BrSi. The van der Waals surface area contributed by atoms with E-state index in [2.05, 4.69) is 42.5 Å². The number of alkyl halides is 1.